The SMILES string of the molecule is CC(C)CC(=O)OCCCOCC(=O)NCc1ccc(CC(=O)C2CCCCC2=O)cc1. The van der Waals surface area contributed by atoms with Crippen LogP contribution in [0, 0.1) is 11.8 Å². The second-order valence-corrected chi connectivity index (χ2v) is 8.73. The van der Waals surface area contributed by atoms with Gasteiger partial charge >= 0.3 is 5.97 Å². The minimum absolute atomic E-state index is 0.00240. The second-order valence-electron chi connectivity index (χ2n) is 8.73. The van der Waals surface area contributed by atoms with Gasteiger partial charge in [-0.1, -0.05) is 44.5 Å². The molecule has 0 spiro atoms. The Morgan fingerprint density at radius 2 is 1.78 bits per heavy atom. The highest BCUT2D eigenvalue weighted by atomic mass is 16.5. The molecular formula is C25H35NO6. The van der Waals surface area contributed by atoms with Gasteiger partial charge in [-0.3, -0.25) is 19.2 Å². The van der Waals surface area contributed by atoms with Gasteiger partial charge in [-0.05, 0) is 29.9 Å². The van der Waals surface area contributed by atoms with Crippen molar-refractivity contribution in [3.63, 3.8) is 0 Å². The third-order valence-corrected chi connectivity index (χ3v) is 5.34. The van der Waals surface area contributed by atoms with E-state index in [4.69, 9.17) is 9.47 Å². The molecule has 0 aromatic heterocycles. The molecule has 1 aromatic rings. The molecule has 32 heavy (non-hydrogen) atoms. The Morgan fingerprint density at radius 1 is 1.06 bits per heavy atom. The lowest BCUT2D eigenvalue weighted by atomic mass is 9.83. The number of hydrogen-bond acceptors (Lipinski definition) is 6. The molecule has 1 N–H and O–H groups in total. The highest BCUT2D eigenvalue weighted by Gasteiger charge is 2.28. The van der Waals surface area contributed by atoms with Crippen molar-refractivity contribution < 1.29 is 28.7 Å². The molecule has 176 valence electrons. The van der Waals surface area contributed by atoms with E-state index in [0.29, 0.717) is 38.8 Å². The van der Waals surface area contributed by atoms with E-state index < -0.39 is 5.92 Å². The summed E-state index contributed by atoms with van der Waals surface area (Å²) in [5.41, 5.74) is 1.79. The van der Waals surface area contributed by atoms with Crippen molar-refractivity contribution in [3.05, 3.63) is 35.4 Å². The molecule has 7 nitrogen and oxygen atoms in total. The number of benzene rings is 1. The summed E-state index contributed by atoms with van der Waals surface area (Å²) in [6, 6.07) is 7.48. The van der Waals surface area contributed by atoms with Crippen LogP contribution in [0.2, 0.25) is 0 Å². The summed E-state index contributed by atoms with van der Waals surface area (Å²) in [6.07, 6.45) is 4.24. The largest absolute Gasteiger partial charge is 0.466 e. The van der Waals surface area contributed by atoms with Crippen molar-refractivity contribution in [1.82, 2.24) is 5.32 Å². The lowest BCUT2D eigenvalue weighted by Crippen LogP contribution is -2.28. The topological polar surface area (TPSA) is 98.8 Å². The van der Waals surface area contributed by atoms with Crippen LogP contribution in [0.15, 0.2) is 24.3 Å². The molecule has 1 fully saturated rings. The van der Waals surface area contributed by atoms with Gasteiger partial charge in [-0.15, -0.1) is 0 Å². The molecule has 0 radical (unpaired) electrons. The van der Waals surface area contributed by atoms with Crippen molar-refractivity contribution in [2.24, 2.45) is 11.8 Å². The van der Waals surface area contributed by atoms with Crippen LogP contribution in [0.3, 0.4) is 0 Å². The monoisotopic (exact) mass is 445 g/mol. The third kappa shape index (κ3) is 9.73. The number of hydrogen-bond donors (Lipinski definition) is 1. The van der Waals surface area contributed by atoms with Gasteiger partial charge in [0, 0.05) is 32.2 Å². The summed E-state index contributed by atoms with van der Waals surface area (Å²) in [6.45, 7) is 4.86. The Morgan fingerprint density at radius 3 is 2.47 bits per heavy atom. The van der Waals surface area contributed by atoms with E-state index >= 15 is 0 Å². The summed E-state index contributed by atoms with van der Waals surface area (Å²) in [7, 11) is 0. The third-order valence-electron chi connectivity index (χ3n) is 5.34. The fourth-order valence-corrected chi connectivity index (χ4v) is 3.58. The zero-order chi connectivity index (χ0) is 23.3. The van der Waals surface area contributed by atoms with Crippen molar-refractivity contribution in [3.8, 4) is 0 Å². The number of ketones is 2. The average molecular weight is 446 g/mol. The molecule has 1 aliphatic rings. The van der Waals surface area contributed by atoms with Crippen LogP contribution >= 0.6 is 0 Å². The average Bonchev–Trinajstić information content (AvgIpc) is 2.75. The molecule has 1 aliphatic carbocycles. The Bertz CT molecular complexity index is 771. The molecular weight excluding hydrogens is 410 g/mol. The Labute approximate surface area is 190 Å². The van der Waals surface area contributed by atoms with E-state index in [2.05, 4.69) is 5.32 Å². The maximum absolute atomic E-state index is 12.4. The number of amides is 1. The van der Waals surface area contributed by atoms with E-state index in [-0.39, 0.29) is 49.0 Å². The number of carbonyl (C=O) groups excluding carboxylic acids is 4. The van der Waals surface area contributed by atoms with Gasteiger partial charge in [-0.25, -0.2) is 0 Å². The van der Waals surface area contributed by atoms with Crippen LogP contribution in [0.1, 0.15) is 63.5 Å². The number of carbonyl (C=O) groups is 4. The first-order valence-corrected chi connectivity index (χ1v) is 11.5. The first kappa shape index (κ1) is 25.7. The van der Waals surface area contributed by atoms with Gasteiger partial charge in [0.25, 0.3) is 0 Å². The number of Topliss-reactive ketones (excluding diaryl/α,β-unsaturated/α-hetero) is 2. The molecule has 0 saturated heterocycles. The number of ether oxygens (including phenoxy) is 2. The van der Waals surface area contributed by atoms with Gasteiger partial charge in [-0.2, -0.15) is 0 Å². The minimum Gasteiger partial charge on any atom is -0.466 e. The van der Waals surface area contributed by atoms with E-state index in [9.17, 15) is 19.2 Å². The van der Waals surface area contributed by atoms with Crippen molar-refractivity contribution in [2.45, 2.75) is 65.3 Å². The smallest absolute Gasteiger partial charge is 0.306 e. The minimum atomic E-state index is -0.435. The Balaban J connectivity index is 1.59. The summed E-state index contributed by atoms with van der Waals surface area (Å²) >= 11 is 0. The lowest BCUT2D eigenvalue weighted by molar-refractivity contribution is -0.145. The Kier molecular flexibility index (Phi) is 11.1. The molecule has 0 bridgehead atoms. The Hall–Kier alpha value is -2.54. The summed E-state index contributed by atoms with van der Waals surface area (Å²) in [4.78, 5) is 47.6. The maximum atomic E-state index is 12.4. The van der Waals surface area contributed by atoms with Crippen molar-refractivity contribution in [2.75, 3.05) is 19.8 Å². The van der Waals surface area contributed by atoms with Crippen LogP contribution in [0.25, 0.3) is 0 Å². The van der Waals surface area contributed by atoms with Crippen LogP contribution < -0.4 is 5.32 Å². The lowest BCUT2D eigenvalue weighted by Gasteiger charge is -2.19. The molecule has 2 rings (SSSR count). The molecule has 1 atom stereocenters. The molecule has 1 aromatic carbocycles. The molecule has 0 aliphatic heterocycles. The molecule has 0 heterocycles. The van der Waals surface area contributed by atoms with Crippen LogP contribution in [-0.2, 0) is 41.6 Å². The summed E-state index contributed by atoms with van der Waals surface area (Å²) in [5.74, 6) is -0.520. The van der Waals surface area contributed by atoms with Crippen molar-refractivity contribution >= 4 is 23.4 Å². The highest BCUT2D eigenvalue weighted by molar-refractivity contribution is 6.03. The predicted octanol–water partition coefficient (Wildman–Crippen LogP) is 3.17. The van der Waals surface area contributed by atoms with Crippen LogP contribution in [0.4, 0.5) is 0 Å². The molecule has 1 saturated carbocycles. The standard InChI is InChI=1S/C25H35NO6/c1-18(2)14-25(30)32-13-5-12-31-17-24(29)26-16-20-10-8-19(9-11-20)15-23(28)21-6-3-4-7-22(21)27/h8-11,18,21H,3-7,12-17H2,1-2H3,(H,26,29). The first-order valence-electron chi connectivity index (χ1n) is 11.5. The maximum Gasteiger partial charge on any atom is 0.306 e. The van der Waals surface area contributed by atoms with Crippen LogP contribution in [-0.4, -0.2) is 43.3 Å². The van der Waals surface area contributed by atoms with E-state index in [1.165, 1.54) is 0 Å². The number of nitrogens with one attached hydrogen (secondary N) is 1. The van der Waals surface area contributed by atoms with E-state index in [1.54, 1.807) is 0 Å². The second kappa shape index (κ2) is 13.8. The summed E-state index contributed by atoms with van der Waals surface area (Å²) in [5, 5.41) is 2.79. The predicted molar refractivity (Wildman–Crippen MR) is 120 cm³/mol. The van der Waals surface area contributed by atoms with Gasteiger partial charge < -0.3 is 14.8 Å². The first-order chi connectivity index (χ1) is 15.3. The molecule has 1 unspecified atom stereocenters. The molecule has 7 heteroatoms. The zero-order valence-electron chi connectivity index (χ0n) is 19.2. The fraction of sp³-hybridized carbons (Fsp3) is 0.600. The quantitative estimate of drug-likeness (QED) is 0.284. The van der Waals surface area contributed by atoms with Gasteiger partial charge in [0.2, 0.25) is 5.91 Å². The van der Waals surface area contributed by atoms with Crippen molar-refractivity contribution in [1.29, 1.82) is 0 Å². The zero-order valence-corrected chi connectivity index (χ0v) is 19.2. The van der Waals surface area contributed by atoms with E-state index in [1.807, 2.05) is 38.1 Å². The van der Waals surface area contributed by atoms with Gasteiger partial charge in [0.05, 0.1) is 19.1 Å². The molecule has 1 amide bonds. The highest BCUT2D eigenvalue weighted by Crippen LogP contribution is 2.22. The van der Waals surface area contributed by atoms with Gasteiger partial charge in [0.1, 0.15) is 18.2 Å². The van der Waals surface area contributed by atoms with Gasteiger partial charge in [0.15, 0.2) is 0 Å². The fourth-order valence-electron chi connectivity index (χ4n) is 3.58. The number of esters is 1. The normalized spacial score (nSPS) is 16.1. The summed E-state index contributed by atoms with van der Waals surface area (Å²) < 4.78 is 10.4. The number of rotatable bonds is 13. The van der Waals surface area contributed by atoms with Crippen LogP contribution in [0.5, 0.6) is 0 Å². The van der Waals surface area contributed by atoms with E-state index in [0.717, 1.165) is 24.0 Å².